The summed E-state index contributed by atoms with van der Waals surface area (Å²) in [6.45, 7) is -1.60. The molecule has 8 nitrogen and oxygen atoms in total. The first kappa shape index (κ1) is 21.1. The molecule has 0 aromatic heterocycles. The first-order chi connectivity index (χ1) is 14.1. The van der Waals surface area contributed by atoms with Gasteiger partial charge in [0.15, 0.2) is 6.61 Å². The summed E-state index contributed by atoms with van der Waals surface area (Å²) in [5.41, 5.74) is -0.386. The Balaban J connectivity index is 1.77. The number of benzene rings is 2. The number of hydrogen-bond acceptors (Lipinski definition) is 5. The predicted octanol–water partition coefficient (Wildman–Crippen LogP) is 4.14. The topological polar surface area (TPSA) is 111 Å². The number of nitro groups is 1. The van der Waals surface area contributed by atoms with Gasteiger partial charge in [0, 0.05) is 23.4 Å². The molecule has 1 saturated carbocycles. The van der Waals surface area contributed by atoms with Crippen molar-refractivity contribution < 1.29 is 32.4 Å². The lowest BCUT2D eigenvalue weighted by molar-refractivity contribution is -0.385. The molecular weight excluding hydrogens is 407 g/mol. The molecule has 0 bridgehead atoms. The Morgan fingerprint density at radius 3 is 2.37 bits per heavy atom. The van der Waals surface area contributed by atoms with E-state index < -0.39 is 34.9 Å². The highest BCUT2D eigenvalue weighted by Crippen LogP contribution is 2.31. The summed E-state index contributed by atoms with van der Waals surface area (Å²) in [6, 6.07) is 8.90. The van der Waals surface area contributed by atoms with Gasteiger partial charge < -0.3 is 15.4 Å². The fourth-order valence-electron chi connectivity index (χ4n) is 2.57. The van der Waals surface area contributed by atoms with Gasteiger partial charge in [0.1, 0.15) is 11.3 Å². The molecule has 158 valence electrons. The first-order valence-corrected chi connectivity index (χ1v) is 8.82. The van der Waals surface area contributed by atoms with Crippen molar-refractivity contribution in [1.82, 2.24) is 0 Å². The van der Waals surface area contributed by atoms with E-state index in [4.69, 9.17) is 0 Å². The van der Waals surface area contributed by atoms with Crippen LogP contribution < -0.4 is 15.4 Å². The molecular formula is C19H16F3N3O5. The fourth-order valence-corrected chi connectivity index (χ4v) is 2.57. The van der Waals surface area contributed by atoms with Gasteiger partial charge in [-0.15, -0.1) is 0 Å². The Hall–Kier alpha value is -3.63. The van der Waals surface area contributed by atoms with E-state index in [1.54, 1.807) is 12.1 Å². The Morgan fingerprint density at radius 1 is 1.10 bits per heavy atom. The average Bonchev–Trinajstić information content (AvgIpc) is 3.51. The molecule has 1 aliphatic carbocycles. The van der Waals surface area contributed by atoms with Crippen molar-refractivity contribution in [2.75, 3.05) is 17.2 Å². The highest BCUT2D eigenvalue weighted by molar-refractivity contribution is 6.07. The van der Waals surface area contributed by atoms with E-state index >= 15 is 0 Å². The summed E-state index contributed by atoms with van der Waals surface area (Å²) in [5, 5.41) is 16.4. The molecule has 0 saturated heterocycles. The van der Waals surface area contributed by atoms with Crippen LogP contribution in [0.15, 0.2) is 42.5 Å². The van der Waals surface area contributed by atoms with E-state index in [0.717, 1.165) is 31.0 Å². The summed E-state index contributed by atoms with van der Waals surface area (Å²) in [5.74, 6) is -1.41. The number of nitrogens with one attached hydrogen (secondary N) is 2. The summed E-state index contributed by atoms with van der Waals surface area (Å²) in [7, 11) is 0. The first-order valence-electron chi connectivity index (χ1n) is 8.82. The number of halogens is 3. The second-order valence-electron chi connectivity index (χ2n) is 6.64. The third-order valence-electron chi connectivity index (χ3n) is 4.15. The van der Waals surface area contributed by atoms with E-state index in [2.05, 4.69) is 15.4 Å². The number of ether oxygens (including phenoxy) is 1. The highest BCUT2D eigenvalue weighted by atomic mass is 19.4. The summed E-state index contributed by atoms with van der Waals surface area (Å²) < 4.78 is 41.6. The Kier molecular flexibility index (Phi) is 5.90. The molecule has 1 aliphatic rings. The minimum absolute atomic E-state index is 0.0228. The second kappa shape index (κ2) is 8.39. The number of hydrogen-bond donors (Lipinski definition) is 2. The molecule has 2 aromatic rings. The lowest BCUT2D eigenvalue weighted by Crippen LogP contribution is -2.20. The van der Waals surface area contributed by atoms with Crippen LogP contribution in [0.4, 0.5) is 30.2 Å². The van der Waals surface area contributed by atoms with Crippen molar-refractivity contribution in [2.24, 2.45) is 5.92 Å². The third-order valence-corrected chi connectivity index (χ3v) is 4.15. The largest absolute Gasteiger partial charge is 0.484 e. The van der Waals surface area contributed by atoms with Crippen LogP contribution in [0.3, 0.4) is 0 Å². The van der Waals surface area contributed by atoms with Crippen LogP contribution in [0.2, 0.25) is 0 Å². The zero-order valence-corrected chi connectivity index (χ0v) is 15.4. The van der Waals surface area contributed by atoms with E-state index in [9.17, 15) is 32.9 Å². The van der Waals surface area contributed by atoms with Gasteiger partial charge in [0.05, 0.1) is 4.92 Å². The zero-order chi connectivity index (χ0) is 21.9. The number of carbonyl (C=O) groups excluding carboxylic acids is 2. The number of nitro benzene ring substituents is 1. The summed E-state index contributed by atoms with van der Waals surface area (Å²) in [4.78, 5) is 34.8. The van der Waals surface area contributed by atoms with Gasteiger partial charge in [-0.3, -0.25) is 19.7 Å². The molecule has 0 atom stereocenters. The van der Waals surface area contributed by atoms with Crippen LogP contribution in [-0.4, -0.2) is 29.5 Å². The van der Waals surface area contributed by atoms with Crippen LogP contribution in [0.25, 0.3) is 0 Å². The lowest BCUT2D eigenvalue weighted by Gasteiger charge is -2.11. The standard InChI is InChI=1S/C19H16F3N3O5/c20-19(21,22)10-30-14-6-7-16(25(28)29)15(9-14)18(27)24-13-3-1-2-12(8-13)23-17(26)11-4-5-11/h1-3,6-9,11H,4-5,10H2,(H,23,26)(H,24,27). The van der Waals surface area contributed by atoms with Crippen molar-refractivity contribution in [3.8, 4) is 5.75 Å². The number of rotatable bonds is 7. The molecule has 0 unspecified atom stereocenters. The SMILES string of the molecule is O=C(Nc1cccc(NC(=O)C2CC2)c1)c1cc(OCC(F)(F)F)ccc1[N+](=O)[O-]. The summed E-state index contributed by atoms with van der Waals surface area (Å²) >= 11 is 0. The molecule has 2 amide bonds. The molecule has 0 heterocycles. The van der Waals surface area contributed by atoms with Crippen molar-refractivity contribution in [3.63, 3.8) is 0 Å². The highest BCUT2D eigenvalue weighted by Gasteiger charge is 2.30. The van der Waals surface area contributed by atoms with Crippen LogP contribution >= 0.6 is 0 Å². The Labute approximate surface area is 168 Å². The van der Waals surface area contributed by atoms with E-state index in [1.165, 1.54) is 12.1 Å². The molecule has 11 heteroatoms. The van der Waals surface area contributed by atoms with E-state index in [1.807, 2.05) is 0 Å². The second-order valence-corrected chi connectivity index (χ2v) is 6.64. The van der Waals surface area contributed by atoms with Crippen LogP contribution in [0.1, 0.15) is 23.2 Å². The number of amides is 2. The van der Waals surface area contributed by atoms with Gasteiger partial charge in [-0.1, -0.05) is 6.07 Å². The van der Waals surface area contributed by atoms with Gasteiger partial charge >= 0.3 is 6.18 Å². The van der Waals surface area contributed by atoms with Gasteiger partial charge in [-0.2, -0.15) is 13.2 Å². The monoisotopic (exact) mass is 423 g/mol. The number of nitrogens with zero attached hydrogens (tertiary/aromatic N) is 1. The Bertz CT molecular complexity index is 990. The number of anilines is 2. The van der Waals surface area contributed by atoms with Gasteiger partial charge in [-0.05, 0) is 43.2 Å². The van der Waals surface area contributed by atoms with Crippen molar-refractivity contribution >= 4 is 28.9 Å². The molecule has 2 aromatic carbocycles. The molecule has 3 rings (SSSR count). The Morgan fingerprint density at radius 2 is 1.77 bits per heavy atom. The zero-order valence-electron chi connectivity index (χ0n) is 15.4. The smallest absolute Gasteiger partial charge is 0.422 e. The van der Waals surface area contributed by atoms with E-state index in [-0.39, 0.29) is 23.3 Å². The van der Waals surface area contributed by atoms with Gasteiger partial charge in [0.2, 0.25) is 5.91 Å². The number of carbonyl (C=O) groups is 2. The minimum Gasteiger partial charge on any atom is -0.484 e. The fraction of sp³-hybridized carbons (Fsp3) is 0.263. The van der Waals surface area contributed by atoms with Gasteiger partial charge in [-0.25, -0.2) is 0 Å². The maximum Gasteiger partial charge on any atom is 0.422 e. The summed E-state index contributed by atoms with van der Waals surface area (Å²) in [6.07, 6.45) is -2.97. The van der Waals surface area contributed by atoms with Crippen LogP contribution in [-0.2, 0) is 4.79 Å². The number of alkyl halides is 3. The average molecular weight is 423 g/mol. The quantitative estimate of drug-likeness (QED) is 0.514. The van der Waals surface area contributed by atoms with E-state index in [0.29, 0.717) is 5.69 Å². The molecule has 2 N–H and O–H groups in total. The molecule has 0 spiro atoms. The normalized spacial score (nSPS) is 13.4. The lowest BCUT2D eigenvalue weighted by atomic mass is 10.1. The maximum absolute atomic E-state index is 12.6. The predicted molar refractivity (Wildman–Crippen MR) is 100 cm³/mol. The van der Waals surface area contributed by atoms with Crippen LogP contribution in [0.5, 0.6) is 5.75 Å². The molecule has 1 fully saturated rings. The third kappa shape index (κ3) is 5.69. The van der Waals surface area contributed by atoms with Crippen molar-refractivity contribution in [1.29, 1.82) is 0 Å². The van der Waals surface area contributed by atoms with Crippen LogP contribution in [0, 0.1) is 16.0 Å². The molecule has 0 radical (unpaired) electrons. The maximum atomic E-state index is 12.6. The minimum atomic E-state index is -4.60. The molecule has 30 heavy (non-hydrogen) atoms. The van der Waals surface area contributed by atoms with Gasteiger partial charge in [0.25, 0.3) is 11.6 Å². The molecule has 0 aliphatic heterocycles. The van der Waals surface area contributed by atoms with Crippen molar-refractivity contribution in [2.45, 2.75) is 19.0 Å². The van der Waals surface area contributed by atoms with Crippen molar-refractivity contribution in [3.05, 3.63) is 58.1 Å².